The molecule has 0 aromatic carbocycles. The summed E-state index contributed by atoms with van der Waals surface area (Å²) in [6, 6.07) is 5.80. The van der Waals surface area contributed by atoms with Crippen LogP contribution in [-0.4, -0.2) is 44.1 Å². The number of carboxylic acids is 1. The van der Waals surface area contributed by atoms with Gasteiger partial charge in [0.2, 0.25) is 0 Å². The van der Waals surface area contributed by atoms with E-state index in [-0.39, 0.29) is 5.92 Å². The van der Waals surface area contributed by atoms with Gasteiger partial charge in [0.1, 0.15) is 0 Å². The number of anilines is 1. The molecule has 0 spiro atoms. The number of aromatic nitrogens is 4. The monoisotopic (exact) mass is 327 g/mol. The second kappa shape index (κ2) is 5.29. The topological polar surface area (TPSA) is 84.1 Å². The minimum absolute atomic E-state index is 0.215. The number of fused-ring (bicyclic) bond motifs is 1. The second-order valence-electron chi connectivity index (χ2n) is 7.02. The highest BCUT2D eigenvalue weighted by atomic mass is 16.4. The fourth-order valence-corrected chi connectivity index (χ4v) is 4.27. The molecule has 1 aliphatic heterocycles. The largest absolute Gasteiger partial charge is 0.481 e. The average molecular weight is 327 g/mol. The predicted molar refractivity (Wildman–Crippen MR) is 88.3 cm³/mol. The number of carbonyl (C=O) groups is 1. The number of rotatable bonds is 3. The zero-order valence-electron chi connectivity index (χ0n) is 13.9. The summed E-state index contributed by atoms with van der Waals surface area (Å²) in [5.41, 5.74) is 1.35. The van der Waals surface area contributed by atoms with Crippen molar-refractivity contribution in [3.8, 4) is 5.82 Å². The van der Waals surface area contributed by atoms with Gasteiger partial charge in [-0.2, -0.15) is 5.10 Å². The Hall–Kier alpha value is -2.44. The van der Waals surface area contributed by atoms with Gasteiger partial charge in [-0.25, -0.2) is 4.68 Å². The van der Waals surface area contributed by atoms with Gasteiger partial charge in [0.25, 0.3) is 0 Å². The molecule has 0 unspecified atom stereocenters. The van der Waals surface area contributed by atoms with Gasteiger partial charge in [-0.1, -0.05) is 6.42 Å². The molecule has 2 aromatic heterocycles. The smallest absolute Gasteiger partial charge is 0.311 e. The third-order valence-corrected chi connectivity index (χ3v) is 5.48. The van der Waals surface area contributed by atoms with Gasteiger partial charge in [0.15, 0.2) is 11.6 Å². The van der Waals surface area contributed by atoms with Crippen molar-refractivity contribution in [3.05, 3.63) is 29.6 Å². The van der Waals surface area contributed by atoms with Gasteiger partial charge < -0.3 is 10.0 Å². The zero-order valence-corrected chi connectivity index (χ0v) is 13.9. The molecule has 1 saturated carbocycles. The van der Waals surface area contributed by atoms with Crippen molar-refractivity contribution >= 4 is 11.8 Å². The van der Waals surface area contributed by atoms with Crippen molar-refractivity contribution in [2.24, 2.45) is 11.3 Å². The standard InChI is InChI=1S/C17H21N5O2/c1-11-8-12(2)22(20-11)15-6-5-14(18-19-15)21-9-13-4-3-7-17(13,10-21)16(23)24/h5-6,8,13H,3-4,7,9-10H2,1-2H3,(H,23,24)/t13-,17+/m0/s1. The summed E-state index contributed by atoms with van der Waals surface area (Å²) in [5, 5.41) is 22.7. The Bertz CT molecular complexity index is 785. The highest BCUT2D eigenvalue weighted by Crippen LogP contribution is 2.49. The number of carboxylic acid groups (broad SMARTS) is 1. The summed E-state index contributed by atoms with van der Waals surface area (Å²) < 4.78 is 1.77. The number of nitrogens with zero attached hydrogens (tertiary/aromatic N) is 5. The fraction of sp³-hybridized carbons (Fsp3) is 0.529. The van der Waals surface area contributed by atoms with Crippen molar-refractivity contribution in [2.75, 3.05) is 18.0 Å². The van der Waals surface area contributed by atoms with Gasteiger partial charge in [-0.15, -0.1) is 10.2 Å². The van der Waals surface area contributed by atoms with Gasteiger partial charge in [-0.3, -0.25) is 4.79 Å². The van der Waals surface area contributed by atoms with E-state index in [0.717, 1.165) is 43.0 Å². The van der Waals surface area contributed by atoms with E-state index in [2.05, 4.69) is 20.2 Å². The van der Waals surface area contributed by atoms with Crippen molar-refractivity contribution in [3.63, 3.8) is 0 Å². The molecule has 1 N–H and O–H groups in total. The summed E-state index contributed by atoms with van der Waals surface area (Å²) in [6.07, 6.45) is 2.76. The summed E-state index contributed by atoms with van der Waals surface area (Å²) in [7, 11) is 0. The molecule has 2 atom stereocenters. The van der Waals surface area contributed by atoms with E-state index in [9.17, 15) is 9.90 Å². The molecule has 1 saturated heterocycles. The zero-order chi connectivity index (χ0) is 16.9. The van der Waals surface area contributed by atoms with Crippen LogP contribution in [0, 0.1) is 25.2 Å². The predicted octanol–water partition coefficient (Wildman–Crippen LogP) is 1.97. The third kappa shape index (κ3) is 2.18. The first-order valence-corrected chi connectivity index (χ1v) is 8.35. The molecule has 4 rings (SSSR count). The van der Waals surface area contributed by atoms with E-state index in [1.165, 1.54) is 0 Å². The van der Waals surface area contributed by atoms with E-state index in [4.69, 9.17) is 0 Å². The highest BCUT2D eigenvalue weighted by Gasteiger charge is 2.55. The number of hydrogen-bond acceptors (Lipinski definition) is 5. The van der Waals surface area contributed by atoms with Crippen LogP contribution in [0.15, 0.2) is 18.2 Å². The van der Waals surface area contributed by atoms with Crippen molar-refractivity contribution in [1.82, 2.24) is 20.0 Å². The fourth-order valence-electron chi connectivity index (χ4n) is 4.27. The Balaban J connectivity index is 1.58. The molecular weight excluding hydrogens is 306 g/mol. The van der Waals surface area contributed by atoms with Gasteiger partial charge in [0, 0.05) is 18.8 Å². The summed E-state index contributed by atoms with van der Waals surface area (Å²) in [5.74, 6) is 0.971. The van der Waals surface area contributed by atoms with E-state index in [0.29, 0.717) is 12.4 Å². The Kier molecular flexibility index (Phi) is 3.33. The van der Waals surface area contributed by atoms with E-state index in [1.54, 1.807) is 4.68 Å². The lowest BCUT2D eigenvalue weighted by molar-refractivity contribution is -0.149. The molecule has 126 valence electrons. The maximum absolute atomic E-state index is 11.8. The number of aliphatic carboxylic acids is 1. The van der Waals surface area contributed by atoms with Crippen LogP contribution in [0.5, 0.6) is 0 Å². The molecule has 7 heteroatoms. The molecule has 3 heterocycles. The van der Waals surface area contributed by atoms with Crippen LogP contribution in [0.3, 0.4) is 0 Å². The van der Waals surface area contributed by atoms with Crippen molar-refractivity contribution in [2.45, 2.75) is 33.1 Å². The summed E-state index contributed by atoms with van der Waals surface area (Å²) in [6.45, 7) is 5.20. The first kappa shape index (κ1) is 15.1. The van der Waals surface area contributed by atoms with Gasteiger partial charge >= 0.3 is 5.97 Å². The Morgan fingerprint density at radius 2 is 2.04 bits per heavy atom. The molecule has 2 fully saturated rings. The van der Waals surface area contributed by atoms with Crippen LogP contribution in [0.2, 0.25) is 0 Å². The number of aryl methyl sites for hydroxylation is 2. The van der Waals surface area contributed by atoms with Crippen LogP contribution in [0.25, 0.3) is 5.82 Å². The van der Waals surface area contributed by atoms with Crippen LogP contribution in [-0.2, 0) is 4.79 Å². The van der Waals surface area contributed by atoms with Crippen molar-refractivity contribution < 1.29 is 9.90 Å². The molecular formula is C17H21N5O2. The number of hydrogen-bond donors (Lipinski definition) is 1. The van der Waals surface area contributed by atoms with Crippen LogP contribution >= 0.6 is 0 Å². The molecule has 0 radical (unpaired) electrons. The maximum Gasteiger partial charge on any atom is 0.311 e. The normalized spacial score (nSPS) is 25.9. The van der Waals surface area contributed by atoms with E-state index in [1.807, 2.05) is 32.0 Å². The summed E-state index contributed by atoms with van der Waals surface area (Å²) >= 11 is 0. The first-order chi connectivity index (χ1) is 11.5. The van der Waals surface area contributed by atoms with E-state index >= 15 is 0 Å². The van der Waals surface area contributed by atoms with Gasteiger partial charge in [-0.05, 0) is 50.8 Å². The van der Waals surface area contributed by atoms with Crippen LogP contribution < -0.4 is 4.90 Å². The second-order valence-corrected chi connectivity index (χ2v) is 7.02. The minimum Gasteiger partial charge on any atom is -0.481 e. The highest BCUT2D eigenvalue weighted by molar-refractivity contribution is 5.77. The quantitative estimate of drug-likeness (QED) is 0.928. The van der Waals surface area contributed by atoms with Crippen molar-refractivity contribution in [1.29, 1.82) is 0 Å². The van der Waals surface area contributed by atoms with Crippen LogP contribution in [0.1, 0.15) is 30.7 Å². The minimum atomic E-state index is -0.667. The molecule has 0 amide bonds. The molecule has 7 nitrogen and oxygen atoms in total. The van der Waals surface area contributed by atoms with E-state index < -0.39 is 11.4 Å². The third-order valence-electron chi connectivity index (χ3n) is 5.48. The van der Waals surface area contributed by atoms with Gasteiger partial charge in [0.05, 0.1) is 11.1 Å². The molecule has 0 bridgehead atoms. The Morgan fingerprint density at radius 1 is 1.29 bits per heavy atom. The van der Waals surface area contributed by atoms with Crippen LogP contribution in [0.4, 0.5) is 5.82 Å². The maximum atomic E-state index is 11.8. The molecule has 2 aromatic rings. The lowest BCUT2D eigenvalue weighted by atomic mass is 9.81. The Morgan fingerprint density at radius 3 is 2.62 bits per heavy atom. The lowest BCUT2D eigenvalue weighted by Crippen LogP contribution is -2.35. The molecule has 1 aliphatic carbocycles. The Labute approximate surface area is 140 Å². The summed E-state index contributed by atoms with van der Waals surface area (Å²) in [4.78, 5) is 13.9. The SMILES string of the molecule is Cc1cc(C)n(-c2ccc(N3C[C@@H]4CCC[C@@]4(C(=O)O)C3)nn2)n1. The lowest BCUT2D eigenvalue weighted by Gasteiger charge is -2.23. The first-order valence-electron chi connectivity index (χ1n) is 8.35. The molecule has 2 aliphatic rings. The molecule has 24 heavy (non-hydrogen) atoms. The average Bonchev–Trinajstić information content (AvgIpc) is 3.19.